The molecule has 0 saturated carbocycles. The fourth-order valence-electron chi connectivity index (χ4n) is 2.02. The van der Waals surface area contributed by atoms with Gasteiger partial charge in [-0.05, 0) is 37.7 Å². The van der Waals surface area contributed by atoms with Crippen LogP contribution in [0.3, 0.4) is 0 Å². The lowest BCUT2D eigenvalue weighted by molar-refractivity contribution is 0.0939. The zero-order valence-electron chi connectivity index (χ0n) is 12.9. The standard InChI is InChI=1S/C15H19N3O4S/c1-10(18-15(19)12-7-13(8-16)22-9-12)11-3-5-14(6-4-11)23(20,21)17-2/h3-7,9-10,17H,8,16H2,1-2H3,(H,18,19). The third-order valence-electron chi connectivity index (χ3n) is 3.42. The molecule has 0 aliphatic rings. The summed E-state index contributed by atoms with van der Waals surface area (Å²) in [6, 6.07) is 7.61. The lowest BCUT2D eigenvalue weighted by atomic mass is 10.1. The molecule has 1 heterocycles. The lowest BCUT2D eigenvalue weighted by Crippen LogP contribution is -2.26. The summed E-state index contributed by atoms with van der Waals surface area (Å²) in [4.78, 5) is 12.3. The van der Waals surface area contributed by atoms with Crippen LogP contribution in [0.5, 0.6) is 0 Å². The predicted octanol–water partition coefficient (Wildman–Crippen LogP) is 1.14. The summed E-state index contributed by atoms with van der Waals surface area (Å²) >= 11 is 0. The largest absolute Gasteiger partial charge is 0.467 e. The van der Waals surface area contributed by atoms with E-state index in [1.165, 1.54) is 25.4 Å². The van der Waals surface area contributed by atoms with Crippen molar-refractivity contribution in [1.82, 2.24) is 10.0 Å². The zero-order chi connectivity index (χ0) is 17.0. The van der Waals surface area contributed by atoms with Crippen LogP contribution in [0.4, 0.5) is 0 Å². The highest BCUT2D eigenvalue weighted by molar-refractivity contribution is 7.89. The van der Waals surface area contributed by atoms with Gasteiger partial charge in [0.2, 0.25) is 10.0 Å². The van der Waals surface area contributed by atoms with Crippen molar-refractivity contribution in [2.45, 2.75) is 24.4 Å². The number of sulfonamides is 1. The first kappa shape index (κ1) is 17.2. The number of benzene rings is 1. The molecule has 124 valence electrons. The highest BCUT2D eigenvalue weighted by atomic mass is 32.2. The average molecular weight is 337 g/mol. The second-order valence-corrected chi connectivity index (χ2v) is 6.86. The van der Waals surface area contributed by atoms with Gasteiger partial charge in [0.1, 0.15) is 12.0 Å². The number of carbonyl (C=O) groups is 1. The van der Waals surface area contributed by atoms with Gasteiger partial charge in [-0.1, -0.05) is 12.1 Å². The molecule has 1 amide bonds. The molecule has 0 spiro atoms. The Morgan fingerprint density at radius 1 is 1.30 bits per heavy atom. The minimum absolute atomic E-state index is 0.171. The number of carbonyl (C=O) groups excluding carboxylic acids is 1. The fraction of sp³-hybridized carbons (Fsp3) is 0.267. The Labute approximate surface area is 134 Å². The summed E-state index contributed by atoms with van der Waals surface area (Å²) in [5, 5.41) is 2.82. The van der Waals surface area contributed by atoms with Gasteiger partial charge in [-0.2, -0.15) is 0 Å². The van der Waals surface area contributed by atoms with Crippen LogP contribution in [0.25, 0.3) is 0 Å². The number of amides is 1. The second-order valence-electron chi connectivity index (χ2n) is 4.98. The highest BCUT2D eigenvalue weighted by Gasteiger charge is 2.15. The van der Waals surface area contributed by atoms with Gasteiger partial charge in [-0.25, -0.2) is 13.1 Å². The molecule has 0 saturated heterocycles. The Hall–Kier alpha value is -2.16. The van der Waals surface area contributed by atoms with Crippen molar-refractivity contribution in [3.8, 4) is 0 Å². The van der Waals surface area contributed by atoms with Crippen LogP contribution in [0, 0.1) is 0 Å². The van der Waals surface area contributed by atoms with Crippen molar-refractivity contribution in [1.29, 1.82) is 0 Å². The summed E-state index contributed by atoms with van der Waals surface area (Å²) < 4.78 is 30.7. The quantitative estimate of drug-likeness (QED) is 0.731. The van der Waals surface area contributed by atoms with E-state index in [-0.39, 0.29) is 23.4 Å². The molecule has 0 fully saturated rings. The summed E-state index contributed by atoms with van der Waals surface area (Å²) in [6.07, 6.45) is 1.35. The molecule has 1 atom stereocenters. The van der Waals surface area contributed by atoms with Crippen molar-refractivity contribution in [2.24, 2.45) is 5.73 Å². The van der Waals surface area contributed by atoms with Gasteiger partial charge in [-0.15, -0.1) is 0 Å². The predicted molar refractivity (Wildman–Crippen MR) is 85.2 cm³/mol. The number of nitrogens with one attached hydrogen (secondary N) is 2. The van der Waals surface area contributed by atoms with Crippen molar-refractivity contribution >= 4 is 15.9 Å². The molecule has 0 aliphatic carbocycles. The van der Waals surface area contributed by atoms with Gasteiger partial charge in [0, 0.05) is 0 Å². The van der Waals surface area contributed by atoms with Gasteiger partial charge in [0.25, 0.3) is 5.91 Å². The van der Waals surface area contributed by atoms with E-state index >= 15 is 0 Å². The molecule has 4 N–H and O–H groups in total. The van der Waals surface area contributed by atoms with Crippen LogP contribution in [0.2, 0.25) is 0 Å². The van der Waals surface area contributed by atoms with Crippen LogP contribution in [0.1, 0.15) is 34.6 Å². The number of hydrogen-bond acceptors (Lipinski definition) is 5. The van der Waals surface area contributed by atoms with Crippen molar-refractivity contribution in [2.75, 3.05) is 7.05 Å². The van der Waals surface area contributed by atoms with E-state index < -0.39 is 10.0 Å². The molecular formula is C15H19N3O4S. The van der Waals surface area contributed by atoms with E-state index in [9.17, 15) is 13.2 Å². The van der Waals surface area contributed by atoms with E-state index in [2.05, 4.69) is 10.0 Å². The van der Waals surface area contributed by atoms with Gasteiger partial charge >= 0.3 is 0 Å². The Balaban J connectivity index is 2.08. The van der Waals surface area contributed by atoms with Crippen LogP contribution < -0.4 is 15.8 Å². The molecule has 2 aromatic rings. The van der Waals surface area contributed by atoms with E-state index in [0.29, 0.717) is 11.3 Å². The first-order valence-electron chi connectivity index (χ1n) is 6.99. The molecule has 2 rings (SSSR count). The maximum Gasteiger partial charge on any atom is 0.255 e. The normalized spacial score (nSPS) is 12.8. The van der Waals surface area contributed by atoms with Crippen molar-refractivity contribution in [3.63, 3.8) is 0 Å². The Kier molecular flexibility index (Phi) is 5.19. The summed E-state index contributed by atoms with van der Waals surface area (Å²) in [6.45, 7) is 2.04. The van der Waals surface area contributed by atoms with Crippen LogP contribution in [0.15, 0.2) is 45.9 Å². The molecule has 23 heavy (non-hydrogen) atoms. The summed E-state index contributed by atoms with van der Waals surface area (Å²) in [5.41, 5.74) is 6.62. The molecule has 0 aliphatic heterocycles. The smallest absolute Gasteiger partial charge is 0.255 e. The van der Waals surface area contributed by atoms with E-state index in [1.807, 2.05) is 6.92 Å². The average Bonchev–Trinajstić information content (AvgIpc) is 3.04. The molecule has 1 unspecified atom stereocenters. The summed E-state index contributed by atoms with van der Waals surface area (Å²) in [7, 11) is -2.11. The molecule has 0 bridgehead atoms. The Morgan fingerprint density at radius 2 is 1.96 bits per heavy atom. The van der Waals surface area contributed by atoms with Gasteiger partial charge in [0.05, 0.1) is 23.0 Å². The molecule has 1 aromatic carbocycles. The molecule has 8 heteroatoms. The topological polar surface area (TPSA) is 114 Å². The minimum Gasteiger partial charge on any atom is -0.467 e. The minimum atomic E-state index is -3.47. The molecular weight excluding hydrogens is 318 g/mol. The lowest BCUT2D eigenvalue weighted by Gasteiger charge is -2.14. The maximum atomic E-state index is 12.1. The maximum absolute atomic E-state index is 12.1. The van der Waals surface area contributed by atoms with E-state index in [1.54, 1.807) is 18.2 Å². The monoisotopic (exact) mass is 337 g/mol. The SMILES string of the molecule is CNS(=O)(=O)c1ccc(C(C)NC(=O)c2coc(CN)c2)cc1. The van der Waals surface area contributed by atoms with E-state index in [4.69, 9.17) is 10.2 Å². The second kappa shape index (κ2) is 6.95. The van der Waals surface area contributed by atoms with Gasteiger partial charge < -0.3 is 15.5 Å². The zero-order valence-corrected chi connectivity index (χ0v) is 13.7. The molecule has 0 radical (unpaired) electrons. The van der Waals surface area contributed by atoms with Crippen molar-refractivity contribution < 1.29 is 17.6 Å². The van der Waals surface area contributed by atoms with Crippen LogP contribution in [-0.2, 0) is 16.6 Å². The van der Waals surface area contributed by atoms with Gasteiger partial charge in [0.15, 0.2) is 0 Å². The number of hydrogen-bond donors (Lipinski definition) is 3. The fourth-order valence-corrected chi connectivity index (χ4v) is 2.75. The Morgan fingerprint density at radius 3 is 2.48 bits per heavy atom. The van der Waals surface area contributed by atoms with Gasteiger partial charge in [-0.3, -0.25) is 4.79 Å². The number of nitrogens with two attached hydrogens (primary N) is 1. The summed E-state index contributed by atoms with van der Waals surface area (Å²) in [5.74, 6) is 0.248. The third-order valence-corrected chi connectivity index (χ3v) is 4.85. The first-order chi connectivity index (χ1) is 10.9. The van der Waals surface area contributed by atoms with E-state index in [0.717, 1.165) is 5.56 Å². The number of rotatable bonds is 6. The molecule has 1 aromatic heterocycles. The van der Waals surface area contributed by atoms with Crippen molar-refractivity contribution in [3.05, 3.63) is 53.5 Å². The van der Waals surface area contributed by atoms with Crippen LogP contribution >= 0.6 is 0 Å². The highest BCUT2D eigenvalue weighted by Crippen LogP contribution is 2.17. The van der Waals surface area contributed by atoms with Crippen LogP contribution in [-0.4, -0.2) is 21.4 Å². The number of furan rings is 1. The first-order valence-corrected chi connectivity index (χ1v) is 8.47. The molecule has 7 nitrogen and oxygen atoms in total. The Bertz CT molecular complexity index is 781. The third kappa shape index (κ3) is 3.98.